The van der Waals surface area contributed by atoms with Crippen LogP contribution in [0.1, 0.15) is 23.2 Å². The van der Waals surface area contributed by atoms with E-state index in [1.54, 1.807) is 29.0 Å². The smallest absolute Gasteiger partial charge is 0.267 e. The van der Waals surface area contributed by atoms with Gasteiger partial charge in [-0.1, -0.05) is 6.07 Å². The second-order valence-corrected chi connectivity index (χ2v) is 6.31. The summed E-state index contributed by atoms with van der Waals surface area (Å²) in [6.45, 7) is 1.07. The highest BCUT2D eigenvalue weighted by atomic mass is 16.5. The number of amides is 1. The predicted octanol–water partition coefficient (Wildman–Crippen LogP) is 0.667. The molecule has 1 amide bonds. The molecule has 0 aromatic carbocycles. The Bertz CT molecular complexity index is 1130. The van der Waals surface area contributed by atoms with Crippen LogP contribution in [0.2, 0.25) is 0 Å². The van der Waals surface area contributed by atoms with E-state index in [1.807, 2.05) is 0 Å². The lowest BCUT2D eigenvalue weighted by Crippen LogP contribution is -2.35. The van der Waals surface area contributed by atoms with Crippen molar-refractivity contribution >= 4 is 22.6 Å². The Hall–Kier alpha value is -3.00. The molecule has 0 radical (unpaired) electrons. The molecule has 1 atom stereocenters. The van der Waals surface area contributed by atoms with E-state index in [0.717, 1.165) is 12.8 Å². The Morgan fingerprint density at radius 2 is 2.31 bits per heavy atom. The van der Waals surface area contributed by atoms with Gasteiger partial charge in [-0.3, -0.25) is 19.4 Å². The molecule has 2 N–H and O–H groups in total. The zero-order valence-corrected chi connectivity index (χ0v) is 14.4. The normalized spacial score (nSPS) is 17.0. The maximum Gasteiger partial charge on any atom is 0.267 e. The number of pyridine rings is 2. The molecule has 3 aromatic heterocycles. The Morgan fingerprint density at radius 1 is 1.46 bits per heavy atom. The summed E-state index contributed by atoms with van der Waals surface area (Å²) >= 11 is 0. The van der Waals surface area contributed by atoms with E-state index < -0.39 is 5.91 Å². The van der Waals surface area contributed by atoms with Gasteiger partial charge in [0, 0.05) is 19.9 Å². The second kappa shape index (κ2) is 6.38. The Morgan fingerprint density at radius 3 is 3.04 bits per heavy atom. The van der Waals surface area contributed by atoms with Crippen molar-refractivity contribution in [2.24, 2.45) is 0 Å². The Kier molecular flexibility index (Phi) is 4.04. The van der Waals surface area contributed by atoms with Gasteiger partial charge in [0.05, 0.1) is 23.6 Å². The van der Waals surface area contributed by atoms with Crippen LogP contribution in [0, 0.1) is 5.41 Å². The monoisotopic (exact) mass is 353 g/mol. The first-order chi connectivity index (χ1) is 12.6. The molecule has 0 bridgehead atoms. The second-order valence-electron chi connectivity index (χ2n) is 6.31. The number of rotatable bonds is 3. The summed E-state index contributed by atoms with van der Waals surface area (Å²) in [5.41, 5.74) is 0.802. The molecule has 0 aliphatic carbocycles. The third-order valence-corrected chi connectivity index (χ3v) is 4.70. The Balaban J connectivity index is 2.06. The first-order valence-corrected chi connectivity index (χ1v) is 8.53. The van der Waals surface area contributed by atoms with E-state index in [1.165, 1.54) is 17.5 Å². The summed E-state index contributed by atoms with van der Waals surface area (Å²) in [5, 5.41) is 11.3. The summed E-state index contributed by atoms with van der Waals surface area (Å²) in [5.74, 6) is -0.407. The topological polar surface area (TPSA) is 101 Å². The van der Waals surface area contributed by atoms with E-state index >= 15 is 0 Å². The fourth-order valence-corrected chi connectivity index (χ4v) is 3.36. The lowest BCUT2D eigenvalue weighted by atomic mass is 10.1. The molecule has 0 saturated carbocycles. The van der Waals surface area contributed by atoms with Crippen LogP contribution >= 0.6 is 0 Å². The van der Waals surface area contributed by atoms with Crippen molar-refractivity contribution in [3.05, 3.63) is 51.9 Å². The van der Waals surface area contributed by atoms with E-state index in [-0.39, 0.29) is 22.7 Å². The van der Waals surface area contributed by atoms with Gasteiger partial charge in [-0.25, -0.2) is 4.98 Å². The predicted molar refractivity (Wildman–Crippen MR) is 95.2 cm³/mol. The molecule has 1 fully saturated rings. The van der Waals surface area contributed by atoms with Crippen molar-refractivity contribution in [2.75, 3.05) is 13.7 Å². The first-order valence-electron chi connectivity index (χ1n) is 8.53. The van der Waals surface area contributed by atoms with E-state index in [9.17, 15) is 9.59 Å². The van der Waals surface area contributed by atoms with Crippen LogP contribution in [-0.2, 0) is 11.3 Å². The van der Waals surface area contributed by atoms with Gasteiger partial charge in [0.1, 0.15) is 16.8 Å². The van der Waals surface area contributed by atoms with Crippen LogP contribution in [-0.4, -0.2) is 39.6 Å². The number of nitrogens with one attached hydrogen (secondary N) is 2. The van der Waals surface area contributed by atoms with Crippen molar-refractivity contribution < 1.29 is 9.53 Å². The maximum absolute atomic E-state index is 12.9. The maximum atomic E-state index is 12.9. The van der Waals surface area contributed by atoms with Crippen LogP contribution in [0.15, 0.2) is 35.3 Å². The first kappa shape index (κ1) is 16.5. The third kappa shape index (κ3) is 2.59. The van der Waals surface area contributed by atoms with Gasteiger partial charge in [0.2, 0.25) is 0 Å². The summed E-state index contributed by atoms with van der Waals surface area (Å²) in [7, 11) is 1.50. The van der Waals surface area contributed by atoms with Gasteiger partial charge < -0.3 is 14.6 Å². The van der Waals surface area contributed by atoms with Crippen LogP contribution in [0.3, 0.4) is 0 Å². The molecule has 1 aliphatic heterocycles. The van der Waals surface area contributed by atoms with Crippen molar-refractivity contribution in [1.29, 1.82) is 5.41 Å². The molecule has 1 aliphatic rings. The fourth-order valence-electron chi connectivity index (χ4n) is 3.36. The molecule has 26 heavy (non-hydrogen) atoms. The van der Waals surface area contributed by atoms with Crippen molar-refractivity contribution in [3.8, 4) is 0 Å². The van der Waals surface area contributed by atoms with Crippen LogP contribution in [0.25, 0.3) is 16.7 Å². The van der Waals surface area contributed by atoms with E-state index in [2.05, 4.69) is 10.3 Å². The van der Waals surface area contributed by atoms with E-state index in [0.29, 0.717) is 29.8 Å². The number of ether oxygens (including phenoxy) is 1. The summed E-state index contributed by atoms with van der Waals surface area (Å²) in [6.07, 6.45) is 3.43. The van der Waals surface area contributed by atoms with Crippen molar-refractivity contribution in [1.82, 2.24) is 19.3 Å². The summed E-state index contributed by atoms with van der Waals surface area (Å²) in [6, 6.07) is 6.75. The molecule has 8 nitrogen and oxygen atoms in total. The van der Waals surface area contributed by atoms with Crippen LogP contribution in [0.5, 0.6) is 0 Å². The van der Waals surface area contributed by atoms with Crippen LogP contribution in [0.4, 0.5) is 0 Å². The number of fused-ring (bicyclic) bond motifs is 2. The highest BCUT2D eigenvalue weighted by Gasteiger charge is 2.21. The number of nitrogens with zero attached hydrogens (tertiary/aromatic N) is 3. The van der Waals surface area contributed by atoms with Gasteiger partial charge in [-0.2, -0.15) is 0 Å². The molecular weight excluding hydrogens is 334 g/mol. The largest absolute Gasteiger partial charge is 0.376 e. The minimum absolute atomic E-state index is 0.0273. The highest BCUT2D eigenvalue weighted by Crippen LogP contribution is 2.16. The minimum Gasteiger partial charge on any atom is -0.376 e. The van der Waals surface area contributed by atoms with Crippen molar-refractivity contribution in [2.45, 2.75) is 25.5 Å². The molecular formula is C18H19N5O3. The third-order valence-electron chi connectivity index (χ3n) is 4.70. The zero-order chi connectivity index (χ0) is 18.3. The molecule has 0 unspecified atom stereocenters. The zero-order valence-electron chi connectivity index (χ0n) is 14.4. The summed E-state index contributed by atoms with van der Waals surface area (Å²) in [4.78, 5) is 29.8. The lowest BCUT2D eigenvalue weighted by Gasteiger charge is -2.17. The fraction of sp³-hybridized carbons (Fsp3) is 0.333. The SMILES string of the molecule is CNC(=O)c1cc2c(=O)n3ccccc3nc2n(C[C@@H]2CCCO2)c1=N. The molecule has 4 rings (SSSR count). The molecule has 0 spiro atoms. The molecule has 3 aromatic rings. The average molecular weight is 353 g/mol. The number of carbonyl (C=O) groups excluding carboxylic acids is 1. The van der Waals surface area contributed by atoms with Gasteiger partial charge >= 0.3 is 0 Å². The van der Waals surface area contributed by atoms with Crippen LogP contribution < -0.4 is 16.4 Å². The summed E-state index contributed by atoms with van der Waals surface area (Å²) < 4.78 is 8.75. The number of aromatic nitrogens is 3. The lowest BCUT2D eigenvalue weighted by molar-refractivity contribution is 0.0938. The molecule has 8 heteroatoms. The van der Waals surface area contributed by atoms with Gasteiger partial charge in [-0.05, 0) is 31.0 Å². The van der Waals surface area contributed by atoms with Crippen molar-refractivity contribution in [3.63, 3.8) is 0 Å². The highest BCUT2D eigenvalue weighted by molar-refractivity contribution is 5.96. The van der Waals surface area contributed by atoms with Gasteiger partial charge in [0.15, 0.2) is 0 Å². The Labute approximate surface area is 148 Å². The molecule has 1 saturated heterocycles. The number of hydrogen-bond donors (Lipinski definition) is 2. The number of carbonyl (C=O) groups is 1. The number of hydrogen-bond acceptors (Lipinski definition) is 5. The molecule has 4 heterocycles. The minimum atomic E-state index is -0.407. The molecule has 134 valence electrons. The quantitative estimate of drug-likeness (QED) is 0.676. The van der Waals surface area contributed by atoms with E-state index in [4.69, 9.17) is 10.1 Å². The average Bonchev–Trinajstić information content (AvgIpc) is 3.17. The van der Waals surface area contributed by atoms with Gasteiger partial charge in [0.25, 0.3) is 11.5 Å². The standard InChI is InChI=1S/C18H19N5O3/c1-20-17(24)12-9-13-16(21-14-6-2-3-7-22(14)18(13)25)23(15(12)19)10-11-5-4-8-26-11/h2-3,6-7,9,11,19H,4-5,8,10H2,1H3,(H,20,24)/t11-/m0/s1. The van der Waals surface area contributed by atoms with Gasteiger partial charge in [-0.15, -0.1) is 0 Å².